The first kappa shape index (κ1) is 25.5. The third-order valence-electron chi connectivity index (χ3n) is 6.36. The molecule has 2 aromatic carbocycles. The van der Waals surface area contributed by atoms with Gasteiger partial charge in [-0.2, -0.15) is 0 Å². The zero-order valence-electron chi connectivity index (χ0n) is 20.1. The van der Waals surface area contributed by atoms with Crippen LogP contribution in [-0.4, -0.2) is 15.8 Å². The number of aryl methyl sites for hydroxylation is 1. The Morgan fingerprint density at radius 3 is 2.39 bits per heavy atom. The van der Waals surface area contributed by atoms with Gasteiger partial charge in [0, 0.05) is 33.4 Å². The third kappa shape index (κ3) is 8.02. The standard InChI is InChI=1S/C29H35IN2O/c1-4-7-23(8-5-6-9-28(33)22(3)24-12-10-21(2)11-13-24)20-27-18-19-31-29(32-27)25-14-16-26(30)17-15-25/h10-19,22-23H,4-9,20H2,1-3H3/t22-,23?/m0/s1. The molecule has 0 fully saturated rings. The second kappa shape index (κ2) is 13.0. The number of carbonyl (C=O) groups excluding carboxylic acids is 1. The molecule has 174 valence electrons. The van der Waals surface area contributed by atoms with Gasteiger partial charge in [0.05, 0.1) is 0 Å². The van der Waals surface area contributed by atoms with E-state index in [4.69, 9.17) is 4.98 Å². The van der Waals surface area contributed by atoms with Crippen LogP contribution in [0.1, 0.15) is 75.1 Å². The SMILES string of the molecule is CCCC(CCCCC(=O)[C@@H](C)c1ccc(C)cc1)Cc1ccnc(-c2ccc(I)cc2)n1. The number of aromatic nitrogens is 2. The summed E-state index contributed by atoms with van der Waals surface area (Å²) in [5.74, 6) is 1.73. The van der Waals surface area contributed by atoms with Gasteiger partial charge in [0.1, 0.15) is 5.78 Å². The fourth-order valence-corrected chi connectivity index (χ4v) is 4.65. The van der Waals surface area contributed by atoms with Gasteiger partial charge in [-0.1, -0.05) is 81.5 Å². The monoisotopic (exact) mass is 554 g/mol. The van der Waals surface area contributed by atoms with E-state index in [0.717, 1.165) is 48.3 Å². The van der Waals surface area contributed by atoms with E-state index < -0.39 is 0 Å². The average Bonchev–Trinajstić information content (AvgIpc) is 2.82. The molecule has 3 nitrogen and oxygen atoms in total. The number of carbonyl (C=O) groups is 1. The van der Waals surface area contributed by atoms with Gasteiger partial charge in [-0.05, 0) is 72.0 Å². The van der Waals surface area contributed by atoms with Crippen molar-refractivity contribution in [1.29, 1.82) is 0 Å². The summed E-state index contributed by atoms with van der Waals surface area (Å²) in [4.78, 5) is 22.0. The maximum Gasteiger partial charge on any atom is 0.159 e. The van der Waals surface area contributed by atoms with Gasteiger partial charge in [-0.3, -0.25) is 4.79 Å². The molecule has 0 aliphatic carbocycles. The molecule has 0 bridgehead atoms. The molecule has 1 aromatic heterocycles. The van der Waals surface area contributed by atoms with Gasteiger partial charge in [-0.15, -0.1) is 0 Å². The summed E-state index contributed by atoms with van der Waals surface area (Å²) in [6, 6.07) is 18.7. The van der Waals surface area contributed by atoms with Crippen LogP contribution in [0.4, 0.5) is 0 Å². The van der Waals surface area contributed by atoms with E-state index in [0.29, 0.717) is 18.1 Å². The number of hydrogen-bond donors (Lipinski definition) is 0. The Balaban J connectivity index is 1.50. The van der Waals surface area contributed by atoms with Gasteiger partial charge in [-0.25, -0.2) is 9.97 Å². The van der Waals surface area contributed by atoms with Crippen molar-refractivity contribution in [3.05, 3.63) is 81.2 Å². The number of benzene rings is 2. The van der Waals surface area contributed by atoms with E-state index >= 15 is 0 Å². The highest BCUT2D eigenvalue weighted by Gasteiger charge is 2.16. The zero-order valence-corrected chi connectivity index (χ0v) is 22.2. The lowest BCUT2D eigenvalue weighted by Gasteiger charge is -2.16. The minimum atomic E-state index is -0.0160. The topological polar surface area (TPSA) is 42.9 Å². The molecule has 0 spiro atoms. The van der Waals surface area contributed by atoms with E-state index in [1.54, 1.807) is 0 Å². The van der Waals surface area contributed by atoms with Crippen molar-refractivity contribution in [2.75, 3.05) is 0 Å². The maximum absolute atomic E-state index is 12.7. The van der Waals surface area contributed by atoms with Crippen LogP contribution in [0.5, 0.6) is 0 Å². The summed E-state index contributed by atoms with van der Waals surface area (Å²) in [6.07, 6.45) is 9.07. The van der Waals surface area contributed by atoms with Crippen molar-refractivity contribution in [2.24, 2.45) is 5.92 Å². The zero-order chi connectivity index (χ0) is 23.6. The molecule has 3 rings (SSSR count). The lowest BCUT2D eigenvalue weighted by atomic mass is 9.89. The second-order valence-corrected chi connectivity index (χ2v) is 10.3. The number of halogens is 1. The molecule has 0 radical (unpaired) electrons. The Labute approximate surface area is 212 Å². The number of rotatable bonds is 12. The third-order valence-corrected chi connectivity index (χ3v) is 7.08. The Morgan fingerprint density at radius 1 is 0.970 bits per heavy atom. The van der Waals surface area contributed by atoms with Gasteiger partial charge in [0.25, 0.3) is 0 Å². The Kier molecular flexibility index (Phi) is 10.0. The number of unbranched alkanes of at least 4 members (excludes halogenated alkanes) is 1. The first-order chi connectivity index (χ1) is 16.0. The fraction of sp³-hybridized carbons (Fsp3) is 0.414. The molecule has 0 N–H and O–H groups in total. The van der Waals surface area contributed by atoms with E-state index in [2.05, 4.69) is 90.0 Å². The summed E-state index contributed by atoms with van der Waals surface area (Å²) >= 11 is 2.31. The molecule has 0 saturated heterocycles. The Morgan fingerprint density at radius 2 is 1.70 bits per heavy atom. The van der Waals surface area contributed by atoms with Crippen LogP contribution in [-0.2, 0) is 11.2 Å². The average molecular weight is 555 g/mol. The largest absolute Gasteiger partial charge is 0.299 e. The molecule has 2 atom stereocenters. The van der Waals surface area contributed by atoms with Crippen molar-refractivity contribution in [3.8, 4) is 11.4 Å². The highest BCUT2D eigenvalue weighted by atomic mass is 127. The summed E-state index contributed by atoms with van der Waals surface area (Å²) in [6.45, 7) is 6.36. The van der Waals surface area contributed by atoms with E-state index in [-0.39, 0.29) is 5.92 Å². The Hall–Kier alpha value is -2.08. The molecular weight excluding hydrogens is 519 g/mol. The summed E-state index contributed by atoms with van der Waals surface area (Å²) in [5, 5.41) is 0. The minimum absolute atomic E-state index is 0.0160. The molecule has 0 aliphatic rings. The molecule has 0 aliphatic heterocycles. The second-order valence-electron chi connectivity index (χ2n) is 9.08. The summed E-state index contributed by atoms with van der Waals surface area (Å²) in [5.41, 5.74) is 4.53. The normalized spacial score (nSPS) is 13.0. The first-order valence-electron chi connectivity index (χ1n) is 12.1. The lowest BCUT2D eigenvalue weighted by Crippen LogP contribution is -2.10. The maximum atomic E-state index is 12.7. The lowest BCUT2D eigenvalue weighted by molar-refractivity contribution is -0.120. The number of Topliss-reactive ketones (excluding diaryl/α,β-unsaturated/α-hetero) is 1. The van der Waals surface area contributed by atoms with E-state index in [1.165, 1.54) is 22.0 Å². The van der Waals surface area contributed by atoms with Crippen LogP contribution >= 0.6 is 22.6 Å². The molecule has 1 unspecified atom stereocenters. The molecule has 0 saturated carbocycles. The van der Waals surface area contributed by atoms with Crippen LogP contribution in [0.2, 0.25) is 0 Å². The van der Waals surface area contributed by atoms with Crippen LogP contribution in [0.3, 0.4) is 0 Å². The highest BCUT2D eigenvalue weighted by molar-refractivity contribution is 14.1. The number of hydrogen-bond acceptors (Lipinski definition) is 3. The molecule has 4 heteroatoms. The predicted molar refractivity (Wildman–Crippen MR) is 145 cm³/mol. The van der Waals surface area contributed by atoms with Crippen LogP contribution < -0.4 is 0 Å². The van der Waals surface area contributed by atoms with Crippen molar-refractivity contribution >= 4 is 28.4 Å². The smallest absolute Gasteiger partial charge is 0.159 e. The van der Waals surface area contributed by atoms with Gasteiger partial charge in [0.15, 0.2) is 5.82 Å². The van der Waals surface area contributed by atoms with Crippen LogP contribution in [0.15, 0.2) is 60.8 Å². The summed E-state index contributed by atoms with van der Waals surface area (Å²) < 4.78 is 1.21. The van der Waals surface area contributed by atoms with E-state index in [1.807, 2.05) is 19.2 Å². The van der Waals surface area contributed by atoms with Gasteiger partial charge >= 0.3 is 0 Å². The molecule has 1 heterocycles. The number of nitrogens with zero attached hydrogens (tertiary/aromatic N) is 2. The quantitative estimate of drug-likeness (QED) is 0.169. The molecule has 0 amide bonds. The van der Waals surface area contributed by atoms with Crippen molar-refractivity contribution in [2.45, 2.75) is 71.6 Å². The first-order valence-corrected chi connectivity index (χ1v) is 13.2. The van der Waals surface area contributed by atoms with Gasteiger partial charge in [0.2, 0.25) is 0 Å². The van der Waals surface area contributed by atoms with Crippen LogP contribution in [0.25, 0.3) is 11.4 Å². The molecule has 3 aromatic rings. The van der Waals surface area contributed by atoms with Crippen molar-refractivity contribution in [1.82, 2.24) is 9.97 Å². The Bertz CT molecular complexity index is 1010. The molecule has 33 heavy (non-hydrogen) atoms. The highest BCUT2D eigenvalue weighted by Crippen LogP contribution is 2.24. The van der Waals surface area contributed by atoms with Crippen LogP contribution in [0, 0.1) is 16.4 Å². The molecular formula is C29H35IN2O. The summed E-state index contributed by atoms with van der Waals surface area (Å²) in [7, 11) is 0. The van der Waals surface area contributed by atoms with Crippen molar-refractivity contribution in [3.63, 3.8) is 0 Å². The predicted octanol–water partition coefficient (Wildman–Crippen LogP) is 7.95. The fourth-order valence-electron chi connectivity index (χ4n) is 4.29. The minimum Gasteiger partial charge on any atom is -0.299 e. The van der Waals surface area contributed by atoms with Crippen molar-refractivity contribution < 1.29 is 4.79 Å². The van der Waals surface area contributed by atoms with E-state index in [9.17, 15) is 4.79 Å². The van der Waals surface area contributed by atoms with Gasteiger partial charge < -0.3 is 0 Å². The number of ketones is 1.